The second kappa shape index (κ2) is 11.8. The zero-order chi connectivity index (χ0) is 35.5. The zero-order valence-electron chi connectivity index (χ0n) is 27.7. The van der Waals surface area contributed by atoms with Crippen LogP contribution in [0, 0.1) is 55.4 Å². The minimum Gasteiger partial charge on any atom is -0.194 e. The Kier molecular flexibility index (Phi) is 8.40. The van der Waals surface area contributed by atoms with Crippen LogP contribution in [0.2, 0.25) is 0 Å². The Hall–Kier alpha value is -2.48. The van der Waals surface area contributed by atoms with Crippen molar-refractivity contribution in [1.82, 2.24) is 0 Å². The van der Waals surface area contributed by atoms with Crippen LogP contribution < -0.4 is 0 Å². The summed E-state index contributed by atoms with van der Waals surface area (Å²) in [6.45, 7) is 15.3. The number of allylic oxidation sites excluding steroid dienone is 2. The largest absolute Gasteiger partial charge is 0.380 e. The van der Waals surface area contributed by atoms with E-state index in [4.69, 9.17) is 0 Å². The van der Waals surface area contributed by atoms with Crippen molar-refractivity contribution in [2.45, 2.75) is 73.2 Å². The van der Waals surface area contributed by atoms with Crippen molar-refractivity contribution < 1.29 is 26.3 Å². The van der Waals surface area contributed by atoms with Gasteiger partial charge in [0.1, 0.15) is 0 Å². The lowest BCUT2D eigenvalue weighted by atomic mass is 9.94. The first-order chi connectivity index (χ1) is 22.8. The lowest BCUT2D eigenvalue weighted by molar-refractivity contribution is -0.254. The molecule has 0 unspecified atom stereocenters. The molecule has 256 valence electrons. The summed E-state index contributed by atoms with van der Waals surface area (Å²) >= 11 is 7.95. The van der Waals surface area contributed by atoms with Gasteiger partial charge >= 0.3 is 17.8 Å². The minimum absolute atomic E-state index is 0.276. The number of rotatable bonds is 6. The highest BCUT2D eigenvalue weighted by atomic mass is 32.1. The van der Waals surface area contributed by atoms with E-state index >= 15 is 26.3 Å². The molecule has 0 fully saturated rings. The van der Waals surface area contributed by atoms with Gasteiger partial charge in [-0.15, -0.1) is 68.0 Å². The molecule has 0 bridgehead atoms. The lowest BCUT2D eigenvalue weighted by Gasteiger charge is -2.25. The molecule has 7 rings (SSSR count). The predicted octanol–water partition coefficient (Wildman–Crippen LogP) is 15.0. The Morgan fingerprint density at radius 3 is 0.898 bits per heavy atom. The van der Waals surface area contributed by atoms with E-state index in [0.717, 1.165) is 51.5 Å². The maximum atomic E-state index is 16.5. The number of alkyl halides is 6. The second-order valence-electron chi connectivity index (χ2n) is 12.6. The van der Waals surface area contributed by atoms with Gasteiger partial charge in [0.25, 0.3) is 0 Å². The average molecular weight is 781 g/mol. The predicted molar refractivity (Wildman–Crippen MR) is 201 cm³/mol. The quantitative estimate of drug-likeness (QED) is 0.148. The third-order valence-corrected chi connectivity index (χ3v) is 16.9. The Morgan fingerprint density at radius 2 is 0.633 bits per heavy atom. The zero-order valence-corrected chi connectivity index (χ0v) is 32.6. The van der Waals surface area contributed by atoms with Crippen molar-refractivity contribution in [2.75, 3.05) is 0 Å². The number of aryl methyl sites for hydroxylation is 8. The van der Waals surface area contributed by atoms with Crippen LogP contribution in [0.3, 0.4) is 0 Å². The highest BCUT2D eigenvalue weighted by molar-refractivity contribution is 7.27. The molecular weight excluding hydrogens is 751 g/mol. The molecule has 0 amide bonds. The second-order valence-corrected chi connectivity index (χ2v) is 19.7. The number of hydrogen-bond acceptors (Lipinski definition) is 6. The van der Waals surface area contributed by atoms with Crippen LogP contribution in [0.1, 0.15) is 52.9 Å². The highest BCUT2D eigenvalue weighted by Gasteiger charge is 2.80. The van der Waals surface area contributed by atoms with Crippen LogP contribution in [-0.2, 0) is 0 Å². The maximum absolute atomic E-state index is 16.5. The van der Waals surface area contributed by atoms with E-state index in [9.17, 15) is 0 Å². The first-order valence-electron chi connectivity index (χ1n) is 15.3. The molecule has 0 N–H and O–H groups in total. The van der Waals surface area contributed by atoms with Crippen LogP contribution >= 0.6 is 68.0 Å². The summed E-state index contributed by atoms with van der Waals surface area (Å²) in [5, 5.41) is 0. The molecule has 0 saturated heterocycles. The summed E-state index contributed by atoms with van der Waals surface area (Å²) in [5.41, 5.74) is 0.649. The fourth-order valence-corrected chi connectivity index (χ4v) is 12.8. The van der Waals surface area contributed by atoms with Gasteiger partial charge in [-0.2, -0.15) is 26.3 Å². The average Bonchev–Trinajstić information content (AvgIpc) is 3.87. The minimum atomic E-state index is -5.67. The lowest BCUT2D eigenvalue weighted by Crippen LogP contribution is -2.48. The first kappa shape index (κ1) is 34.9. The summed E-state index contributed by atoms with van der Waals surface area (Å²) < 4.78 is 97.6. The molecule has 6 aromatic rings. The molecule has 0 atom stereocenters. The molecule has 12 heteroatoms. The molecule has 0 nitrogen and oxygen atoms in total. The third-order valence-electron chi connectivity index (χ3n) is 9.27. The van der Waals surface area contributed by atoms with Gasteiger partial charge in [-0.3, -0.25) is 0 Å². The van der Waals surface area contributed by atoms with Crippen molar-refractivity contribution in [3.05, 3.63) is 89.3 Å². The molecule has 0 aromatic carbocycles. The van der Waals surface area contributed by atoms with E-state index in [1.54, 1.807) is 0 Å². The van der Waals surface area contributed by atoms with E-state index in [2.05, 4.69) is 0 Å². The van der Waals surface area contributed by atoms with Gasteiger partial charge in [-0.05, 0) is 114 Å². The molecule has 6 aromatic heterocycles. The fraction of sp³-hybridized carbons (Fsp3) is 0.297. The van der Waals surface area contributed by atoms with Crippen molar-refractivity contribution in [1.29, 1.82) is 0 Å². The molecular formula is C37H30F6S6. The van der Waals surface area contributed by atoms with Crippen molar-refractivity contribution in [2.24, 2.45) is 0 Å². The normalized spacial score (nSPS) is 16.8. The van der Waals surface area contributed by atoms with Gasteiger partial charge in [0.05, 0.1) is 9.75 Å². The summed E-state index contributed by atoms with van der Waals surface area (Å²) in [4.78, 5) is 8.29. The SMILES string of the molecule is Cc1cc(-c2cc(C3=C(c4cc(-c5cc(C)c(C)s5)sc4-c4cc(C)c(C)s4)C(F)(F)C(F)(F)C3(F)F)c(-c3cc(C)c(C)s3)s2)sc1C. The Bertz CT molecular complexity index is 2070. The highest BCUT2D eigenvalue weighted by Crippen LogP contribution is 2.68. The van der Waals surface area contributed by atoms with Crippen molar-refractivity contribution >= 4 is 79.2 Å². The number of thiophene rings is 6. The molecule has 1 aliphatic rings. The van der Waals surface area contributed by atoms with Crippen LogP contribution in [0.5, 0.6) is 0 Å². The van der Waals surface area contributed by atoms with Gasteiger partial charge in [0.15, 0.2) is 0 Å². The van der Waals surface area contributed by atoms with E-state index in [1.807, 2.05) is 79.7 Å². The van der Waals surface area contributed by atoms with Crippen LogP contribution in [0.25, 0.3) is 50.2 Å². The number of hydrogen-bond donors (Lipinski definition) is 0. The molecule has 0 saturated carbocycles. The van der Waals surface area contributed by atoms with Crippen LogP contribution in [-0.4, -0.2) is 17.8 Å². The van der Waals surface area contributed by atoms with Crippen molar-refractivity contribution in [3.63, 3.8) is 0 Å². The Balaban J connectivity index is 1.60. The van der Waals surface area contributed by atoms with Gasteiger partial charge in [-0.25, -0.2) is 0 Å². The fourth-order valence-electron chi connectivity index (χ4n) is 5.95. The van der Waals surface area contributed by atoms with Gasteiger partial charge in [0.2, 0.25) is 0 Å². The number of halogens is 6. The third kappa shape index (κ3) is 5.30. The smallest absolute Gasteiger partial charge is 0.194 e. The Labute approximate surface area is 305 Å². The van der Waals surface area contributed by atoms with E-state index in [-0.39, 0.29) is 20.9 Å². The van der Waals surface area contributed by atoms with E-state index in [0.29, 0.717) is 19.5 Å². The monoisotopic (exact) mass is 780 g/mol. The maximum Gasteiger partial charge on any atom is 0.380 e. The molecule has 1 aliphatic carbocycles. The van der Waals surface area contributed by atoms with Crippen molar-refractivity contribution in [3.8, 4) is 39.0 Å². The standard InChI is InChI=1S/C37H30F6S6/c1-15-9-25(44-19(15)5)27-13-23(33(48-27)29-11-17(3)21(7)46-29)31-32(36(40,41)37(42,43)35(31,38)39)24-14-28(26-10-16(2)20(6)45-26)49-34(24)30-12-18(4)22(8)47-30/h9-14H,1-8H3. The molecule has 0 radical (unpaired) electrons. The summed E-state index contributed by atoms with van der Waals surface area (Å²) in [6.07, 6.45) is 0. The van der Waals surface area contributed by atoms with Crippen LogP contribution in [0.15, 0.2) is 36.4 Å². The van der Waals surface area contributed by atoms with Gasteiger partial charge in [-0.1, -0.05) is 0 Å². The topological polar surface area (TPSA) is 0 Å². The van der Waals surface area contributed by atoms with E-state index in [1.165, 1.54) is 80.2 Å². The Morgan fingerprint density at radius 1 is 0.367 bits per heavy atom. The molecule has 0 spiro atoms. The summed E-state index contributed by atoms with van der Waals surface area (Å²) in [5.74, 6) is -16.0. The van der Waals surface area contributed by atoms with E-state index < -0.39 is 28.9 Å². The summed E-state index contributed by atoms with van der Waals surface area (Å²) in [7, 11) is 0. The molecule has 0 aliphatic heterocycles. The summed E-state index contributed by atoms with van der Waals surface area (Å²) in [6, 6.07) is 10.3. The van der Waals surface area contributed by atoms with Gasteiger partial charge < -0.3 is 0 Å². The first-order valence-corrected chi connectivity index (χ1v) is 20.2. The van der Waals surface area contributed by atoms with Crippen LogP contribution in [0.4, 0.5) is 26.3 Å². The van der Waals surface area contributed by atoms with Gasteiger partial charge in [0, 0.05) is 71.0 Å². The molecule has 49 heavy (non-hydrogen) atoms. The molecule has 6 heterocycles.